The Hall–Kier alpha value is -0.610. The van der Waals surface area contributed by atoms with Crippen LogP contribution in [0.25, 0.3) is 0 Å². The Morgan fingerprint density at radius 1 is 1.50 bits per heavy atom. The Labute approximate surface area is 84.3 Å². The van der Waals surface area contributed by atoms with Crippen molar-refractivity contribution in [3.8, 4) is 0 Å². The Kier molecular flexibility index (Phi) is 2.74. The maximum Gasteiger partial charge on any atom is 0.322 e. The molecule has 0 aromatic carbocycles. The van der Waals surface area contributed by atoms with Crippen molar-refractivity contribution in [1.82, 2.24) is 10.2 Å². The first-order valence-corrected chi connectivity index (χ1v) is 5.42. The summed E-state index contributed by atoms with van der Waals surface area (Å²) in [6.45, 7) is 3.86. The van der Waals surface area contributed by atoms with Gasteiger partial charge in [0, 0.05) is 18.6 Å². The van der Waals surface area contributed by atoms with Crippen LogP contribution in [-0.2, 0) is 4.79 Å². The Balaban J connectivity index is 2.13. The smallest absolute Gasteiger partial charge is 0.322 e. The monoisotopic (exact) mass is 198 g/mol. The van der Waals surface area contributed by atoms with Crippen LogP contribution in [0.1, 0.15) is 26.2 Å². The van der Waals surface area contributed by atoms with Gasteiger partial charge in [-0.2, -0.15) is 0 Å². The van der Waals surface area contributed by atoms with Crippen LogP contribution in [0.4, 0.5) is 0 Å². The van der Waals surface area contributed by atoms with Crippen molar-refractivity contribution in [2.24, 2.45) is 0 Å². The largest absolute Gasteiger partial charge is 0.480 e. The van der Waals surface area contributed by atoms with Gasteiger partial charge in [0.15, 0.2) is 0 Å². The summed E-state index contributed by atoms with van der Waals surface area (Å²) in [5.74, 6) is -0.684. The molecule has 2 saturated heterocycles. The molecule has 2 heterocycles. The van der Waals surface area contributed by atoms with E-state index in [2.05, 4.69) is 10.2 Å². The first kappa shape index (κ1) is 9.93. The molecule has 3 atom stereocenters. The van der Waals surface area contributed by atoms with Gasteiger partial charge < -0.3 is 10.4 Å². The minimum Gasteiger partial charge on any atom is -0.480 e. The first-order chi connectivity index (χ1) is 6.70. The third-order valence-electron chi connectivity index (χ3n) is 3.43. The first-order valence-electron chi connectivity index (χ1n) is 5.42. The molecule has 2 aliphatic heterocycles. The molecule has 0 aromatic rings. The van der Waals surface area contributed by atoms with Crippen LogP contribution >= 0.6 is 0 Å². The summed E-state index contributed by atoms with van der Waals surface area (Å²) in [6, 6.07) is 0.192. The summed E-state index contributed by atoms with van der Waals surface area (Å²) in [5, 5.41) is 12.5. The molecule has 2 fully saturated rings. The van der Waals surface area contributed by atoms with Gasteiger partial charge in [-0.1, -0.05) is 6.42 Å². The molecule has 0 aliphatic carbocycles. The molecule has 4 heteroatoms. The predicted molar refractivity (Wildman–Crippen MR) is 53.2 cm³/mol. The molecule has 3 unspecified atom stereocenters. The number of hydrogen-bond acceptors (Lipinski definition) is 3. The van der Waals surface area contributed by atoms with E-state index in [1.54, 1.807) is 0 Å². The summed E-state index contributed by atoms with van der Waals surface area (Å²) < 4.78 is 0. The summed E-state index contributed by atoms with van der Waals surface area (Å²) >= 11 is 0. The van der Waals surface area contributed by atoms with E-state index in [1.807, 2.05) is 6.92 Å². The minimum atomic E-state index is -0.684. The lowest BCUT2D eigenvalue weighted by Gasteiger charge is -2.46. The van der Waals surface area contributed by atoms with E-state index in [-0.39, 0.29) is 12.1 Å². The van der Waals surface area contributed by atoms with Crippen molar-refractivity contribution in [3.05, 3.63) is 0 Å². The normalized spacial score (nSPS) is 39.1. The number of aliphatic carboxylic acids is 1. The standard InChI is InChI=1S/C10H18N2O2/c1-7-9(10(13)14)12-5-3-2-4-8(12)6-11-7/h7-9,11H,2-6H2,1H3,(H,13,14). The fraction of sp³-hybridized carbons (Fsp3) is 0.900. The second-order valence-corrected chi connectivity index (χ2v) is 4.37. The van der Waals surface area contributed by atoms with Crippen molar-refractivity contribution < 1.29 is 9.90 Å². The van der Waals surface area contributed by atoms with E-state index in [1.165, 1.54) is 6.42 Å². The molecule has 0 saturated carbocycles. The number of carbonyl (C=O) groups is 1. The van der Waals surface area contributed by atoms with Gasteiger partial charge in [-0.3, -0.25) is 9.69 Å². The highest BCUT2D eigenvalue weighted by molar-refractivity contribution is 5.74. The fourth-order valence-electron chi connectivity index (χ4n) is 2.68. The van der Waals surface area contributed by atoms with Crippen LogP contribution in [0.3, 0.4) is 0 Å². The second kappa shape index (κ2) is 3.87. The fourth-order valence-corrected chi connectivity index (χ4v) is 2.68. The lowest BCUT2D eigenvalue weighted by Crippen LogP contribution is -2.65. The zero-order valence-corrected chi connectivity index (χ0v) is 8.57. The summed E-state index contributed by atoms with van der Waals surface area (Å²) in [6.07, 6.45) is 3.53. The van der Waals surface area contributed by atoms with Crippen LogP contribution in [0.2, 0.25) is 0 Å². The van der Waals surface area contributed by atoms with Crippen molar-refractivity contribution in [2.45, 2.75) is 44.3 Å². The molecular formula is C10H18N2O2. The summed E-state index contributed by atoms with van der Waals surface area (Å²) in [4.78, 5) is 13.3. The maximum atomic E-state index is 11.1. The average Bonchev–Trinajstić information content (AvgIpc) is 2.17. The molecule has 2 N–H and O–H groups in total. The van der Waals surface area contributed by atoms with Crippen molar-refractivity contribution in [2.75, 3.05) is 13.1 Å². The lowest BCUT2D eigenvalue weighted by atomic mass is 9.93. The molecule has 0 spiro atoms. The van der Waals surface area contributed by atoms with Gasteiger partial charge in [-0.15, -0.1) is 0 Å². The minimum absolute atomic E-state index is 0.0712. The quantitative estimate of drug-likeness (QED) is 0.635. The van der Waals surface area contributed by atoms with Gasteiger partial charge in [-0.05, 0) is 26.3 Å². The maximum absolute atomic E-state index is 11.1. The average molecular weight is 198 g/mol. The predicted octanol–water partition coefficient (Wildman–Crippen LogP) is 0.286. The molecule has 2 aliphatic rings. The van der Waals surface area contributed by atoms with Crippen molar-refractivity contribution in [3.63, 3.8) is 0 Å². The molecule has 80 valence electrons. The number of hydrogen-bond donors (Lipinski definition) is 2. The summed E-state index contributed by atoms with van der Waals surface area (Å²) in [7, 11) is 0. The van der Waals surface area contributed by atoms with Crippen LogP contribution < -0.4 is 5.32 Å². The number of carboxylic acid groups (broad SMARTS) is 1. The SMILES string of the molecule is CC1NCC2CCCCN2C1C(=O)O. The molecule has 14 heavy (non-hydrogen) atoms. The van der Waals surface area contributed by atoms with E-state index in [9.17, 15) is 4.79 Å². The van der Waals surface area contributed by atoms with Gasteiger partial charge in [0.05, 0.1) is 0 Å². The number of piperidine rings is 1. The highest BCUT2D eigenvalue weighted by Crippen LogP contribution is 2.24. The second-order valence-electron chi connectivity index (χ2n) is 4.37. The van der Waals surface area contributed by atoms with Gasteiger partial charge >= 0.3 is 5.97 Å². The Morgan fingerprint density at radius 2 is 2.29 bits per heavy atom. The number of nitrogens with one attached hydrogen (secondary N) is 1. The van der Waals surface area contributed by atoms with E-state index < -0.39 is 5.97 Å². The molecule has 0 aromatic heterocycles. The highest BCUT2D eigenvalue weighted by atomic mass is 16.4. The Morgan fingerprint density at radius 3 is 3.00 bits per heavy atom. The topological polar surface area (TPSA) is 52.6 Å². The highest BCUT2D eigenvalue weighted by Gasteiger charge is 2.40. The zero-order chi connectivity index (χ0) is 10.1. The zero-order valence-electron chi connectivity index (χ0n) is 8.57. The molecule has 0 radical (unpaired) electrons. The van der Waals surface area contributed by atoms with E-state index in [4.69, 9.17) is 5.11 Å². The molecule has 0 bridgehead atoms. The molecule has 0 amide bonds. The van der Waals surface area contributed by atoms with Crippen molar-refractivity contribution >= 4 is 5.97 Å². The number of nitrogens with zero attached hydrogens (tertiary/aromatic N) is 1. The van der Waals surface area contributed by atoms with E-state index >= 15 is 0 Å². The number of rotatable bonds is 1. The molecule has 2 rings (SSSR count). The number of fused-ring (bicyclic) bond motifs is 1. The summed E-state index contributed by atoms with van der Waals surface area (Å²) in [5.41, 5.74) is 0. The van der Waals surface area contributed by atoms with E-state index in [0.717, 1.165) is 25.9 Å². The van der Waals surface area contributed by atoms with Crippen LogP contribution in [-0.4, -0.2) is 47.2 Å². The van der Waals surface area contributed by atoms with Gasteiger partial charge in [0.25, 0.3) is 0 Å². The van der Waals surface area contributed by atoms with E-state index in [0.29, 0.717) is 6.04 Å². The van der Waals surface area contributed by atoms with Crippen LogP contribution in [0.15, 0.2) is 0 Å². The van der Waals surface area contributed by atoms with Crippen LogP contribution in [0.5, 0.6) is 0 Å². The van der Waals surface area contributed by atoms with Gasteiger partial charge in [0.1, 0.15) is 6.04 Å². The third-order valence-corrected chi connectivity index (χ3v) is 3.43. The van der Waals surface area contributed by atoms with Gasteiger partial charge in [-0.25, -0.2) is 0 Å². The lowest BCUT2D eigenvalue weighted by molar-refractivity contribution is -0.147. The van der Waals surface area contributed by atoms with Crippen molar-refractivity contribution in [1.29, 1.82) is 0 Å². The number of carboxylic acids is 1. The van der Waals surface area contributed by atoms with Crippen LogP contribution in [0, 0.1) is 0 Å². The third kappa shape index (κ3) is 1.64. The Bertz CT molecular complexity index is 232. The molecular weight excluding hydrogens is 180 g/mol. The number of piperazine rings is 1. The molecule has 4 nitrogen and oxygen atoms in total. The van der Waals surface area contributed by atoms with Gasteiger partial charge in [0.2, 0.25) is 0 Å².